The predicted molar refractivity (Wildman–Crippen MR) is 66.6 cm³/mol. The smallest absolute Gasteiger partial charge is 0.0354 e. The molecule has 0 fully saturated rings. The molecule has 1 unspecified atom stereocenters. The molecule has 0 rings (SSSR count). The first-order valence-electron chi connectivity index (χ1n) is 6.52. The van der Waals surface area contributed by atoms with Crippen LogP contribution in [0.15, 0.2) is 0 Å². The standard InChI is InChI=1S/C14H30/c1-6-8-9-10-12-13(11-7-2)14(3,4)5/h13H,6-12H2,1-5H3. The minimum absolute atomic E-state index is 0.516. The zero-order chi connectivity index (χ0) is 11.0. The van der Waals surface area contributed by atoms with Crippen LogP contribution in [0.3, 0.4) is 0 Å². The molecule has 0 aliphatic heterocycles. The molecule has 0 aliphatic rings. The number of rotatable bonds is 7. The van der Waals surface area contributed by atoms with Gasteiger partial charge < -0.3 is 0 Å². The summed E-state index contributed by atoms with van der Waals surface area (Å²) in [6.45, 7) is 11.8. The van der Waals surface area contributed by atoms with Gasteiger partial charge in [0.2, 0.25) is 0 Å². The summed E-state index contributed by atoms with van der Waals surface area (Å²) in [5.41, 5.74) is 0.516. The van der Waals surface area contributed by atoms with Crippen molar-refractivity contribution in [3.05, 3.63) is 0 Å². The van der Waals surface area contributed by atoms with Gasteiger partial charge in [0.05, 0.1) is 0 Å². The van der Waals surface area contributed by atoms with E-state index in [0.717, 1.165) is 5.92 Å². The summed E-state index contributed by atoms with van der Waals surface area (Å²) in [6.07, 6.45) is 9.85. The van der Waals surface area contributed by atoms with Crippen LogP contribution >= 0.6 is 0 Å². The van der Waals surface area contributed by atoms with Gasteiger partial charge in [0.25, 0.3) is 0 Å². The first-order chi connectivity index (χ1) is 6.52. The van der Waals surface area contributed by atoms with E-state index in [2.05, 4.69) is 34.6 Å². The molecule has 0 radical (unpaired) electrons. The summed E-state index contributed by atoms with van der Waals surface area (Å²) in [5.74, 6) is 0.935. The Morgan fingerprint density at radius 2 is 1.43 bits per heavy atom. The van der Waals surface area contributed by atoms with Crippen molar-refractivity contribution in [3.63, 3.8) is 0 Å². The fourth-order valence-corrected chi connectivity index (χ4v) is 2.18. The molecular formula is C14H30. The molecule has 0 aliphatic carbocycles. The summed E-state index contributed by atoms with van der Waals surface area (Å²) in [4.78, 5) is 0. The van der Waals surface area contributed by atoms with Gasteiger partial charge in [-0.05, 0) is 17.8 Å². The summed E-state index contributed by atoms with van der Waals surface area (Å²) in [6, 6.07) is 0. The van der Waals surface area contributed by atoms with Crippen LogP contribution in [0, 0.1) is 11.3 Å². The topological polar surface area (TPSA) is 0 Å². The first-order valence-corrected chi connectivity index (χ1v) is 6.52. The third-order valence-electron chi connectivity index (χ3n) is 3.27. The van der Waals surface area contributed by atoms with Crippen LogP contribution in [-0.2, 0) is 0 Å². The molecule has 0 N–H and O–H groups in total. The van der Waals surface area contributed by atoms with E-state index in [1.807, 2.05) is 0 Å². The summed E-state index contributed by atoms with van der Waals surface area (Å²) in [7, 11) is 0. The Labute approximate surface area is 91.5 Å². The van der Waals surface area contributed by atoms with Gasteiger partial charge >= 0.3 is 0 Å². The second kappa shape index (κ2) is 7.31. The molecule has 0 heterocycles. The molecule has 0 spiro atoms. The molecule has 0 saturated heterocycles. The van der Waals surface area contributed by atoms with Crippen molar-refractivity contribution in [2.24, 2.45) is 11.3 Å². The Hall–Kier alpha value is 0. The van der Waals surface area contributed by atoms with Crippen LogP contribution < -0.4 is 0 Å². The Balaban J connectivity index is 3.74. The predicted octanol–water partition coefficient (Wildman–Crippen LogP) is 5.42. The lowest BCUT2D eigenvalue weighted by atomic mass is 9.75. The Kier molecular flexibility index (Phi) is 7.31. The molecule has 86 valence electrons. The zero-order valence-corrected chi connectivity index (χ0v) is 11.0. The lowest BCUT2D eigenvalue weighted by Gasteiger charge is -2.30. The second-order valence-corrected chi connectivity index (χ2v) is 5.70. The number of hydrogen-bond donors (Lipinski definition) is 0. The van der Waals surface area contributed by atoms with E-state index >= 15 is 0 Å². The van der Waals surface area contributed by atoms with E-state index in [-0.39, 0.29) is 0 Å². The van der Waals surface area contributed by atoms with Crippen LogP contribution in [-0.4, -0.2) is 0 Å². The van der Waals surface area contributed by atoms with Crippen LogP contribution in [0.5, 0.6) is 0 Å². The molecule has 0 aromatic heterocycles. The van der Waals surface area contributed by atoms with Crippen LogP contribution in [0.2, 0.25) is 0 Å². The van der Waals surface area contributed by atoms with Crippen molar-refractivity contribution < 1.29 is 0 Å². The second-order valence-electron chi connectivity index (χ2n) is 5.70. The van der Waals surface area contributed by atoms with Crippen molar-refractivity contribution in [3.8, 4) is 0 Å². The highest BCUT2D eigenvalue weighted by molar-refractivity contribution is 4.73. The number of hydrogen-bond acceptors (Lipinski definition) is 0. The first kappa shape index (κ1) is 14.0. The minimum atomic E-state index is 0.516. The van der Waals surface area contributed by atoms with Crippen LogP contribution in [0.25, 0.3) is 0 Å². The summed E-state index contributed by atoms with van der Waals surface area (Å²) < 4.78 is 0. The SMILES string of the molecule is CCCCCCC(CCC)C(C)(C)C. The zero-order valence-electron chi connectivity index (χ0n) is 11.0. The quantitative estimate of drug-likeness (QED) is 0.479. The maximum absolute atomic E-state index is 2.40. The Morgan fingerprint density at radius 1 is 0.786 bits per heavy atom. The minimum Gasteiger partial charge on any atom is -0.0654 e. The van der Waals surface area contributed by atoms with Gasteiger partial charge in [-0.25, -0.2) is 0 Å². The van der Waals surface area contributed by atoms with E-state index in [1.54, 1.807) is 0 Å². The lowest BCUT2D eigenvalue weighted by Crippen LogP contribution is -2.20. The highest BCUT2D eigenvalue weighted by atomic mass is 14.3. The molecule has 0 bridgehead atoms. The average Bonchev–Trinajstić information content (AvgIpc) is 2.08. The fourth-order valence-electron chi connectivity index (χ4n) is 2.18. The number of unbranched alkanes of at least 4 members (excludes halogenated alkanes) is 3. The third kappa shape index (κ3) is 6.45. The van der Waals surface area contributed by atoms with Crippen LogP contribution in [0.4, 0.5) is 0 Å². The Morgan fingerprint density at radius 3 is 1.86 bits per heavy atom. The molecule has 1 atom stereocenters. The van der Waals surface area contributed by atoms with Gasteiger partial charge in [0.1, 0.15) is 0 Å². The highest BCUT2D eigenvalue weighted by Crippen LogP contribution is 2.33. The molecule has 0 nitrogen and oxygen atoms in total. The van der Waals surface area contributed by atoms with E-state index in [4.69, 9.17) is 0 Å². The van der Waals surface area contributed by atoms with E-state index in [0.29, 0.717) is 5.41 Å². The average molecular weight is 198 g/mol. The molecule has 0 saturated carbocycles. The van der Waals surface area contributed by atoms with Gasteiger partial charge in [-0.2, -0.15) is 0 Å². The molecule has 0 amide bonds. The largest absolute Gasteiger partial charge is 0.0654 e. The van der Waals surface area contributed by atoms with Crippen molar-refractivity contribution >= 4 is 0 Å². The van der Waals surface area contributed by atoms with E-state index in [1.165, 1.54) is 44.9 Å². The van der Waals surface area contributed by atoms with Crippen molar-refractivity contribution in [1.82, 2.24) is 0 Å². The normalized spacial score (nSPS) is 14.4. The van der Waals surface area contributed by atoms with E-state index < -0.39 is 0 Å². The monoisotopic (exact) mass is 198 g/mol. The van der Waals surface area contributed by atoms with Crippen molar-refractivity contribution in [1.29, 1.82) is 0 Å². The van der Waals surface area contributed by atoms with Gasteiger partial charge in [-0.1, -0.05) is 73.1 Å². The van der Waals surface area contributed by atoms with Crippen LogP contribution in [0.1, 0.15) is 79.6 Å². The van der Waals surface area contributed by atoms with Gasteiger partial charge in [-0.3, -0.25) is 0 Å². The van der Waals surface area contributed by atoms with Crippen molar-refractivity contribution in [2.75, 3.05) is 0 Å². The fraction of sp³-hybridized carbons (Fsp3) is 1.00. The van der Waals surface area contributed by atoms with Gasteiger partial charge in [0.15, 0.2) is 0 Å². The third-order valence-corrected chi connectivity index (χ3v) is 3.27. The maximum Gasteiger partial charge on any atom is -0.0354 e. The molecule has 14 heavy (non-hydrogen) atoms. The maximum atomic E-state index is 2.40. The molecule has 0 aromatic rings. The van der Waals surface area contributed by atoms with Crippen molar-refractivity contribution in [2.45, 2.75) is 79.6 Å². The van der Waals surface area contributed by atoms with E-state index in [9.17, 15) is 0 Å². The van der Waals surface area contributed by atoms with Gasteiger partial charge in [-0.15, -0.1) is 0 Å². The lowest BCUT2D eigenvalue weighted by molar-refractivity contribution is 0.205. The molecule has 0 heteroatoms. The Bertz CT molecular complexity index is 118. The molecule has 0 aromatic carbocycles. The molecular weight excluding hydrogens is 168 g/mol. The summed E-state index contributed by atoms with van der Waals surface area (Å²) >= 11 is 0. The highest BCUT2D eigenvalue weighted by Gasteiger charge is 2.22. The summed E-state index contributed by atoms with van der Waals surface area (Å²) in [5, 5.41) is 0. The van der Waals surface area contributed by atoms with Gasteiger partial charge in [0, 0.05) is 0 Å².